The molecule has 2 rings (SSSR count). The van der Waals surface area contributed by atoms with Gasteiger partial charge in [0, 0.05) is 19.1 Å². The van der Waals surface area contributed by atoms with Gasteiger partial charge in [0.2, 0.25) is 0 Å². The van der Waals surface area contributed by atoms with Crippen LogP contribution in [0.2, 0.25) is 0 Å². The summed E-state index contributed by atoms with van der Waals surface area (Å²) in [6.07, 6.45) is 1.12. The highest BCUT2D eigenvalue weighted by molar-refractivity contribution is 7.13. The smallest absolute Gasteiger partial charge is 0.347 e. The van der Waals surface area contributed by atoms with E-state index < -0.39 is 5.97 Å². The van der Waals surface area contributed by atoms with Gasteiger partial charge in [0.25, 0.3) is 0 Å². The molecule has 1 saturated heterocycles. The van der Waals surface area contributed by atoms with Crippen molar-refractivity contribution < 1.29 is 19.4 Å². The van der Waals surface area contributed by atoms with Crippen LogP contribution in [0.5, 0.6) is 0 Å². The van der Waals surface area contributed by atoms with Crippen molar-refractivity contribution in [3.8, 4) is 0 Å². The molecule has 1 fully saturated rings. The molecule has 21 heavy (non-hydrogen) atoms. The molecule has 7 nitrogen and oxygen atoms in total. The van der Waals surface area contributed by atoms with Crippen LogP contribution in [-0.4, -0.2) is 41.3 Å². The Kier molecular flexibility index (Phi) is 5.13. The molecule has 0 spiro atoms. The highest BCUT2D eigenvalue weighted by Gasteiger charge is 2.24. The maximum Gasteiger partial charge on any atom is 0.347 e. The molecule has 1 aromatic heterocycles. The number of hydrogen-bond acceptors (Lipinski definition) is 5. The minimum Gasteiger partial charge on any atom is -0.477 e. The third-order valence-electron chi connectivity index (χ3n) is 3.49. The highest BCUT2D eigenvalue weighted by atomic mass is 32.1. The fraction of sp³-hybridized carbons (Fsp3) is 0.615. The molecule has 1 aliphatic heterocycles. The van der Waals surface area contributed by atoms with Gasteiger partial charge in [-0.15, -0.1) is 11.3 Å². The molecule has 2 amide bonds. The number of aromatic nitrogens is 1. The van der Waals surface area contributed by atoms with Gasteiger partial charge in [-0.2, -0.15) is 0 Å². The van der Waals surface area contributed by atoms with E-state index in [4.69, 9.17) is 9.84 Å². The van der Waals surface area contributed by atoms with Gasteiger partial charge in [-0.3, -0.25) is 0 Å². The Hall–Kier alpha value is -1.67. The lowest BCUT2D eigenvalue weighted by Crippen LogP contribution is -2.39. The van der Waals surface area contributed by atoms with Gasteiger partial charge in [0.05, 0.1) is 18.3 Å². The molecule has 0 saturated carbocycles. The van der Waals surface area contributed by atoms with E-state index in [1.807, 2.05) is 6.92 Å². The number of aryl methyl sites for hydroxylation is 1. The van der Waals surface area contributed by atoms with Crippen molar-refractivity contribution in [2.24, 2.45) is 5.92 Å². The van der Waals surface area contributed by atoms with E-state index in [0.29, 0.717) is 23.2 Å². The fourth-order valence-electron chi connectivity index (χ4n) is 2.21. The SMILES string of the molecule is Cc1nc(CNC(=O)NCC2CCOC2C)sc1C(=O)O. The van der Waals surface area contributed by atoms with Crippen LogP contribution in [0.3, 0.4) is 0 Å². The first-order valence-electron chi connectivity index (χ1n) is 6.80. The predicted molar refractivity (Wildman–Crippen MR) is 77.6 cm³/mol. The minimum absolute atomic E-state index is 0.171. The summed E-state index contributed by atoms with van der Waals surface area (Å²) in [4.78, 5) is 27.0. The third kappa shape index (κ3) is 4.15. The number of nitrogens with zero attached hydrogens (tertiary/aromatic N) is 1. The standard InChI is InChI=1S/C13H19N3O4S/c1-7-11(12(17)18)21-10(16-7)6-15-13(19)14-5-9-3-4-20-8(9)2/h8-9H,3-6H2,1-2H3,(H,17,18)(H2,14,15,19). The van der Waals surface area contributed by atoms with Crippen LogP contribution in [0, 0.1) is 12.8 Å². The summed E-state index contributed by atoms with van der Waals surface area (Å²) in [5.74, 6) is -0.646. The number of urea groups is 1. The van der Waals surface area contributed by atoms with Crippen molar-refractivity contribution >= 4 is 23.3 Å². The van der Waals surface area contributed by atoms with Crippen molar-refractivity contribution in [3.05, 3.63) is 15.6 Å². The Bertz CT molecular complexity index is 531. The first kappa shape index (κ1) is 15.7. The number of nitrogens with one attached hydrogen (secondary N) is 2. The van der Waals surface area contributed by atoms with Gasteiger partial charge in [-0.25, -0.2) is 14.6 Å². The number of amides is 2. The van der Waals surface area contributed by atoms with E-state index in [-0.39, 0.29) is 23.6 Å². The minimum atomic E-state index is -0.990. The second-order valence-corrected chi connectivity index (χ2v) is 6.10. The molecule has 0 aliphatic carbocycles. The van der Waals surface area contributed by atoms with Gasteiger partial charge in [0.1, 0.15) is 9.88 Å². The Morgan fingerprint density at radius 3 is 2.81 bits per heavy atom. The molecular formula is C13H19N3O4S. The lowest BCUT2D eigenvalue weighted by atomic mass is 10.0. The zero-order valence-electron chi connectivity index (χ0n) is 12.0. The van der Waals surface area contributed by atoms with Gasteiger partial charge in [-0.1, -0.05) is 0 Å². The molecule has 0 radical (unpaired) electrons. The number of ether oxygens (including phenoxy) is 1. The van der Waals surface area contributed by atoms with Crippen molar-refractivity contribution in [2.45, 2.75) is 32.9 Å². The molecule has 116 valence electrons. The van der Waals surface area contributed by atoms with Crippen LogP contribution >= 0.6 is 11.3 Å². The molecule has 8 heteroatoms. The van der Waals surface area contributed by atoms with Crippen LogP contribution in [0.4, 0.5) is 4.79 Å². The summed E-state index contributed by atoms with van der Waals surface area (Å²) in [7, 11) is 0. The number of aromatic carboxylic acids is 1. The molecule has 1 aliphatic rings. The average Bonchev–Trinajstić information content (AvgIpc) is 3.00. The van der Waals surface area contributed by atoms with Gasteiger partial charge < -0.3 is 20.5 Å². The maximum absolute atomic E-state index is 11.7. The van der Waals surface area contributed by atoms with Crippen LogP contribution in [0.1, 0.15) is 33.7 Å². The number of carbonyl (C=O) groups excluding carboxylic acids is 1. The van der Waals surface area contributed by atoms with Gasteiger partial charge >= 0.3 is 12.0 Å². The molecule has 2 unspecified atom stereocenters. The van der Waals surface area contributed by atoms with E-state index in [1.165, 1.54) is 0 Å². The van der Waals surface area contributed by atoms with Gasteiger partial charge in [0.15, 0.2) is 0 Å². The number of rotatable bonds is 5. The topological polar surface area (TPSA) is 101 Å². The molecule has 0 aromatic carbocycles. The maximum atomic E-state index is 11.7. The lowest BCUT2D eigenvalue weighted by molar-refractivity contribution is 0.0701. The first-order valence-corrected chi connectivity index (χ1v) is 7.62. The summed E-state index contributed by atoms with van der Waals surface area (Å²) in [5.41, 5.74) is 0.474. The van der Waals surface area contributed by atoms with Crippen LogP contribution in [0.25, 0.3) is 0 Å². The zero-order chi connectivity index (χ0) is 15.4. The first-order chi connectivity index (χ1) is 9.97. The number of carboxylic acids is 1. The second-order valence-electron chi connectivity index (χ2n) is 5.02. The zero-order valence-corrected chi connectivity index (χ0v) is 12.8. The van der Waals surface area contributed by atoms with E-state index in [2.05, 4.69) is 15.6 Å². The predicted octanol–water partition coefficient (Wildman–Crippen LogP) is 1.37. The summed E-state index contributed by atoms with van der Waals surface area (Å²) >= 11 is 1.08. The second kappa shape index (κ2) is 6.86. The van der Waals surface area contributed by atoms with Crippen molar-refractivity contribution in [2.75, 3.05) is 13.2 Å². The number of carboxylic acid groups (broad SMARTS) is 1. The Balaban J connectivity index is 1.76. The largest absolute Gasteiger partial charge is 0.477 e. The fourth-order valence-corrected chi connectivity index (χ4v) is 3.06. The highest BCUT2D eigenvalue weighted by Crippen LogP contribution is 2.19. The Morgan fingerprint density at radius 1 is 1.48 bits per heavy atom. The summed E-state index contributed by atoms with van der Waals surface area (Å²) in [6.45, 7) is 5.19. The lowest BCUT2D eigenvalue weighted by Gasteiger charge is -2.14. The van der Waals surface area contributed by atoms with Gasteiger partial charge in [-0.05, 0) is 20.3 Å². The van der Waals surface area contributed by atoms with Crippen molar-refractivity contribution in [1.29, 1.82) is 0 Å². The van der Waals surface area contributed by atoms with Crippen molar-refractivity contribution in [3.63, 3.8) is 0 Å². The monoisotopic (exact) mass is 313 g/mol. The quantitative estimate of drug-likeness (QED) is 0.762. The molecule has 0 bridgehead atoms. The third-order valence-corrected chi connectivity index (χ3v) is 4.64. The molecule has 1 aromatic rings. The molecule has 3 N–H and O–H groups in total. The molecular weight excluding hydrogens is 294 g/mol. The number of thiazole rings is 1. The summed E-state index contributed by atoms with van der Waals surface area (Å²) in [5, 5.41) is 15.0. The normalized spacial score (nSPS) is 21.2. The van der Waals surface area contributed by atoms with Crippen molar-refractivity contribution in [1.82, 2.24) is 15.6 Å². The van der Waals surface area contributed by atoms with Crippen LogP contribution in [0.15, 0.2) is 0 Å². The van der Waals surface area contributed by atoms with E-state index in [1.54, 1.807) is 6.92 Å². The molecule has 2 heterocycles. The molecule has 2 atom stereocenters. The van der Waals surface area contributed by atoms with E-state index in [9.17, 15) is 9.59 Å². The van der Waals surface area contributed by atoms with Crippen LogP contribution < -0.4 is 10.6 Å². The average molecular weight is 313 g/mol. The van der Waals surface area contributed by atoms with E-state index >= 15 is 0 Å². The van der Waals surface area contributed by atoms with Crippen LogP contribution in [-0.2, 0) is 11.3 Å². The Labute approximate surface area is 126 Å². The summed E-state index contributed by atoms with van der Waals surface area (Å²) < 4.78 is 5.43. The Morgan fingerprint density at radius 2 is 2.24 bits per heavy atom. The number of hydrogen-bond donors (Lipinski definition) is 3. The van der Waals surface area contributed by atoms with E-state index in [0.717, 1.165) is 24.4 Å². The number of carbonyl (C=O) groups is 2. The summed E-state index contributed by atoms with van der Waals surface area (Å²) in [6, 6.07) is -0.279.